The van der Waals surface area contributed by atoms with Crippen LogP contribution in [0.4, 0.5) is 4.39 Å². The molecule has 0 saturated heterocycles. The summed E-state index contributed by atoms with van der Waals surface area (Å²) in [5.41, 5.74) is 3.69. The molecule has 2 aromatic rings. The quantitative estimate of drug-likeness (QED) is 0.488. The summed E-state index contributed by atoms with van der Waals surface area (Å²) in [6.07, 6.45) is 1.10. The van der Waals surface area contributed by atoms with E-state index in [4.69, 9.17) is 0 Å². The number of benzene rings is 2. The van der Waals surface area contributed by atoms with Gasteiger partial charge in [0.15, 0.2) is 0 Å². The highest BCUT2D eigenvalue weighted by Gasteiger charge is 2.27. The SMILES string of the molecule is CC(C)(C)CC(C)(C)c1cc(I)cc(-c2cccc(F)c2)c1. The highest BCUT2D eigenvalue weighted by Crippen LogP contribution is 2.38. The van der Waals surface area contributed by atoms with E-state index in [0.29, 0.717) is 0 Å². The molecular formula is C20H24FI. The van der Waals surface area contributed by atoms with Gasteiger partial charge < -0.3 is 0 Å². The first-order valence-corrected chi connectivity index (χ1v) is 8.72. The molecule has 0 fully saturated rings. The average Bonchev–Trinajstić information content (AvgIpc) is 2.35. The van der Waals surface area contributed by atoms with Crippen LogP contribution in [0.1, 0.15) is 46.6 Å². The Morgan fingerprint density at radius 3 is 2.18 bits per heavy atom. The van der Waals surface area contributed by atoms with Crippen molar-refractivity contribution in [3.8, 4) is 11.1 Å². The fraction of sp³-hybridized carbons (Fsp3) is 0.400. The Hall–Kier alpha value is -0.900. The molecule has 0 atom stereocenters. The van der Waals surface area contributed by atoms with Crippen LogP contribution in [0.25, 0.3) is 11.1 Å². The zero-order valence-corrected chi connectivity index (χ0v) is 16.2. The maximum absolute atomic E-state index is 13.5. The minimum Gasteiger partial charge on any atom is -0.207 e. The van der Waals surface area contributed by atoms with Crippen LogP contribution in [0.2, 0.25) is 0 Å². The standard InChI is InChI=1S/C20H24FI/c1-19(2,3)13-20(4,5)16-9-15(11-18(22)12-16)14-7-6-8-17(21)10-14/h6-12H,13H2,1-5H3. The lowest BCUT2D eigenvalue weighted by atomic mass is 9.72. The van der Waals surface area contributed by atoms with Crippen molar-refractivity contribution in [2.45, 2.75) is 46.5 Å². The minimum absolute atomic E-state index is 0.0848. The van der Waals surface area contributed by atoms with Crippen molar-refractivity contribution >= 4 is 22.6 Å². The van der Waals surface area contributed by atoms with Gasteiger partial charge in [-0.2, -0.15) is 0 Å². The second-order valence-electron chi connectivity index (χ2n) is 7.86. The van der Waals surface area contributed by atoms with Crippen molar-refractivity contribution in [1.29, 1.82) is 0 Å². The molecule has 0 aliphatic rings. The summed E-state index contributed by atoms with van der Waals surface area (Å²) in [5, 5.41) is 0. The summed E-state index contributed by atoms with van der Waals surface area (Å²) < 4.78 is 14.7. The molecule has 0 unspecified atom stereocenters. The molecule has 0 aliphatic heterocycles. The molecule has 0 bridgehead atoms. The largest absolute Gasteiger partial charge is 0.207 e. The predicted octanol–water partition coefficient (Wildman–Crippen LogP) is 6.81. The van der Waals surface area contributed by atoms with Crippen LogP contribution in [0.3, 0.4) is 0 Å². The molecule has 2 rings (SSSR count). The molecule has 22 heavy (non-hydrogen) atoms. The van der Waals surface area contributed by atoms with E-state index in [9.17, 15) is 4.39 Å². The molecule has 2 heteroatoms. The first-order valence-electron chi connectivity index (χ1n) is 7.64. The fourth-order valence-electron chi connectivity index (χ4n) is 3.24. The van der Waals surface area contributed by atoms with Crippen molar-refractivity contribution in [2.24, 2.45) is 5.41 Å². The highest BCUT2D eigenvalue weighted by atomic mass is 127. The van der Waals surface area contributed by atoms with Crippen molar-refractivity contribution in [3.05, 3.63) is 57.4 Å². The van der Waals surface area contributed by atoms with E-state index >= 15 is 0 Å². The zero-order chi connectivity index (χ0) is 16.5. The maximum Gasteiger partial charge on any atom is 0.123 e. The van der Waals surface area contributed by atoms with Gasteiger partial charge in [-0.05, 0) is 80.8 Å². The van der Waals surface area contributed by atoms with E-state index in [1.54, 1.807) is 12.1 Å². The Kier molecular flexibility index (Phi) is 5.00. The van der Waals surface area contributed by atoms with E-state index in [0.717, 1.165) is 17.5 Å². The van der Waals surface area contributed by atoms with E-state index < -0.39 is 0 Å². The fourth-order valence-corrected chi connectivity index (χ4v) is 3.91. The van der Waals surface area contributed by atoms with Crippen molar-refractivity contribution in [3.63, 3.8) is 0 Å². The molecule has 0 aromatic heterocycles. The van der Waals surface area contributed by atoms with Crippen molar-refractivity contribution in [1.82, 2.24) is 0 Å². The summed E-state index contributed by atoms with van der Waals surface area (Å²) in [6, 6.07) is 13.4. The number of hydrogen-bond donors (Lipinski definition) is 0. The third kappa shape index (κ3) is 4.55. The molecule has 0 aliphatic carbocycles. The normalized spacial score (nSPS) is 12.5. The number of halogens is 2. The number of rotatable bonds is 3. The lowest BCUT2D eigenvalue weighted by Gasteiger charge is -2.33. The summed E-state index contributed by atoms with van der Waals surface area (Å²) in [4.78, 5) is 0. The van der Waals surface area contributed by atoms with Crippen LogP contribution in [-0.2, 0) is 5.41 Å². The van der Waals surface area contributed by atoms with Gasteiger partial charge in [-0.1, -0.05) is 52.8 Å². The van der Waals surface area contributed by atoms with Crippen LogP contribution in [0, 0.1) is 14.8 Å². The maximum atomic E-state index is 13.5. The summed E-state index contributed by atoms with van der Waals surface area (Å²) in [6.45, 7) is 11.4. The van der Waals surface area contributed by atoms with Gasteiger partial charge in [-0.15, -0.1) is 0 Å². The van der Waals surface area contributed by atoms with Crippen LogP contribution < -0.4 is 0 Å². The Balaban J connectivity index is 2.47. The Bertz CT molecular complexity index is 666. The van der Waals surface area contributed by atoms with Gasteiger partial charge in [0.05, 0.1) is 0 Å². The van der Waals surface area contributed by atoms with E-state index in [2.05, 4.69) is 75.4 Å². The van der Waals surface area contributed by atoms with Gasteiger partial charge in [-0.3, -0.25) is 0 Å². The highest BCUT2D eigenvalue weighted by molar-refractivity contribution is 14.1. The molecule has 0 saturated carbocycles. The number of hydrogen-bond acceptors (Lipinski definition) is 0. The van der Waals surface area contributed by atoms with E-state index in [-0.39, 0.29) is 16.6 Å². The molecule has 0 spiro atoms. The Morgan fingerprint density at radius 1 is 0.909 bits per heavy atom. The first-order chi connectivity index (χ1) is 10.1. The smallest absolute Gasteiger partial charge is 0.123 e. The van der Waals surface area contributed by atoms with Crippen molar-refractivity contribution in [2.75, 3.05) is 0 Å². The second kappa shape index (κ2) is 6.31. The Morgan fingerprint density at radius 2 is 1.59 bits per heavy atom. The van der Waals surface area contributed by atoms with Gasteiger partial charge in [-0.25, -0.2) is 4.39 Å². The van der Waals surface area contributed by atoms with Crippen LogP contribution in [-0.4, -0.2) is 0 Å². The molecule has 0 N–H and O–H groups in total. The lowest BCUT2D eigenvalue weighted by Crippen LogP contribution is -2.25. The minimum atomic E-state index is -0.188. The summed E-state index contributed by atoms with van der Waals surface area (Å²) in [7, 11) is 0. The average molecular weight is 410 g/mol. The third-order valence-corrected chi connectivity index (χ3v) is 4.43. The van der Waals surface area contributed by atoms with Crippen LogP contribution in [0.5, 0.6) is 0 Å². The molecule has 118 valence electrons. The summed E-state index contributed by atoms with van der Waals surface area (Å²) >= 11 is 2.35. The van der Waals surface area contributed by atoms with Gasteiger partial charge >= 0.3 is 0 Å². The molecule has 0 nitrogen and oxygen atoms in total. The zero-order valence-electron chi connectivity index (χ0n) is 14.0. The van der Waals surface area contributed by atoms with E-state index in [1.807, 2.05) is 6.07 Å². The molecule has 0 radical (unpaired) electrons. The first kappa shape index (κ1) is 17.5. The van der Waals surface area contributed by atoms with Crippen LogP contribution >= 0.6 is 22.6 Å². The van der Waals surface area contributed by atoms with E-state index in [1.165, 1.54) is 15.2 Å². The predicted molar refractivity (Wildman–Crippen MR) is 102 cm³/mol. The molecular weight excluding hydrogens is 386 g/mol. The van der Waals surface area contributed by atoms with Gasteiger partial charge in [0.2, 0.25) is 0 Å². The molecule has 0 heterocycles. The Labute approximate surface area is 147 Å². The second-order valence-corrected chi connectivity index (χ2v) is 9.11. The van der Waals surface area contributed by atoms with Gasteiger partial charge in [0, 0.05) is 3.57 Å². The van der Waals surface area contributed by atoms with Crippen molar-refractivity contribution < 1.29 is 4.39 Å². The van der Waals surface area contributed by atoms with Gasteiger partial charge in [0.1, 0.15) is 5.82 Å². The lowest BCUT2D eigenvalue weighted by molar-refractivity contribution is 0.284. The molecule has 2 aromatic carbocycles. The van der Waals surface area contributed by atoms with Gasteiger partial charge in [0.25, 0.3) is 0 Å². The topological polar surface area (TPSA) is 0 Å². The third-order valence-electron chi connectivity index (χ3n) is 3.81. The van der Waals surface area contributed by atoms with Crippen LogP contribution in [0.15, 0.2) is 42.5 Å². The summed E-state index contributed by atoms with van der Waals surface area (Å²) in [5.74, 6) is -0.188. The monoisotopic (exact) mass is 410 g/mol. The molecule has 0 amide bonds.